The largest absolute Gasteiger partial charge is 0.497 e. The Bertz CT molecular complexity index is 1140. The van der Waals surface area contributed by atoms with Gasteiger partial charge >= 0.3 is 0 Å². The molecule has 0 bridgehead atoms. The number of hydrogen-bond acceptors (Lipinski definition) is 4. The molecule has 0 saturated carbocycles. The first-order valence-electron chi connectivity index (χ1n) is 11.4. The normalized spacial score (nSPS) is 12.2. The minimum Gasteiger partial charge on any atom is -0.497 e. The van der Waals surface area contributed by atoms with Crippen molar-refractivity contribution in [1.82, 2.24) is 0 Å². The Kier molecular flexibility index (Phi) is 7.31. The monoisotopic (exact) mass is 454 g/mol. The van der Waals surface area contributed by atoms with Crippen LogP contribution in [0.15, 0.2) is 103 Å². The first-order chi connectivity index (χ1) is 16.6. The van der Waals surface area contributed by atoms with Crippen LogP contribution < -0.4 is 9.47 Å². The summed E-state index contributed by atoms with van der Waals surface area (Å²) >= 11 is 0. The molecule has 0 radical (unpaired) electrons. The van der Waals surface area contributed by atoms with Gasteiger partial charge in [-0.25, -0.2) is 0 Å². The summed E-state index contributed by atoms with van der Waals surface area (Å²) in [6.45, 7) is -0.0772. The van der Waals surface area contributed by atoms with Crippen LogP contribution in [-0.2, 0) is 5.41 Å². The molecule has 2 N–H and O–H groups in total. The summed E-state index contributed by atoms with van der Waals surface area (Å²) in [5, 5.41) is 20.0. The summed E-state index contributed by atoms with van der Waals surface area (Å²) in [5.41, 5.74) is 4.36. The van der Waals surface area contributed by atoms with Crippen molar-refractivity contribution in [2.75, 3.05) is 20.8 Å². The van der Waals surface area contributed by atoms with Gasteiger partial charge in [0.05, 0.1) is 25.7 Å². The van der Waals surface area contributed by atoms with Crippen LogP contribution in [-0.4, -0.2) is 31.0 Å². The van der Waals surface area contributed by atoms with Crippen LogP contribution in [0.5, 0.6) is 11.5 Å². The Labute approximate surface area is 201 Å². The van der Waals surface area contributed by atoms with Crippen molar-refractivity contribution < 1.29 is 19.7 Å². The average Bonchev–Trinajstić information content (AvgIpc) is 2.91. The highest BCUT2D eigenvalue weighted by molar-refractivity contribution is 5.61. The highest BCUT2D eigenvalue weighted by atomic mass is 16.5. The number of aliphatic hydroxyl groups excluding tert-OH is 2. The van der Waals surface area contributed by atoms with E-state index in [0.29, 0.717) is 0 Å². The lowest BCUT2D eigenvalue weighted by atomic mass is 9.65. The molecule has 0 aliphatic carbocycles. The number of methoxy groups -OCH3 is 2. The van der Waals surface area contributed by atoms with E-state index >= 15 is 0 Å². The lowest BCUT2D eigenvalue weighted by molar-refractivity contribution is 0.134. The number of aliphatic hydroxyl groups is 2. The fourth-order valence-electron chi connectivity index (χ4n) is 4.64. The first kappa shape index (κ1) is 23.6. The average molecular weight is 455 g/mol. The van der Waals surface area contributed by atoms with Crippen LogP contribution in [0.4, 0.5) is 0 Å². The Morgan fingerprint density at radius 2 is 1.15 bits per heavy atom. The summed E-state index contributed by atoms with van der Waals surface area (Å²) < 4.78 is 10.9. The summed E-state index contributed by atoms with van der Waals surface area (Å²) in [6.07, 6.45) is -0.461. The smallest absolute Gasteiger partial charge is 0.118 e. The van der Waals surface area contributed by atoms with Gasteiger partial charge in [0.1, 0.15) is 11.5 Å². The first-order valence-corrected chi connectivity index (χ1v) is 11.4. The molecular formula is C30H30O4. The zero-order valence-electron chi connectivity index (χ0n) is 19.5. The Balaban J connectivity index is 2.05. The van der Waals surface area contributed by atoms with Crippen molar-refractivity contribution in [2.24, 2.45) is 0 Å². The van der Waals surface area contributed by atoms with E-state index in [0.717, 1.165) is 39.3 Å². The maximum absolute atomic E-state index is 10.7. The number of rotatable bonds is 9. The van der Waals surface area contributed by atoms with E-state index < -0.39 is 11.5 Å². The molecule has 4 rings (SSSR count). The number of benzene rings is 4. The van der Waals surface area contributed by atoms with Gasteiger partial charge in [-0.15, -0.1) is 0 Å². The van der Waals surface area contributed by atoms with Gasteiger partial charge in [0, 0.05) is 13.0 Å². The molecular weight excluding hydrogens is 424 g/mol. The molecule has 0 fully saturated rings. The molecule has 4 aromatic carbocycles. The standard InChI is InChI=1S/C30H30O4/c1-33-27-15-11-24(12-16-27)30(23-8-4-3-5-9-23,25-13-17-28(34-2)18-14-25)26-10-6-7-22(21-26)29(32)19-20-31/h3-18,21,29,31-32H,19-20H2,1-2H3. The van der Waals surface area contributed by atoms with Crippen LogP contribution in [0.3, 0.4) is 0 Å². The van der Waals surface area contributed by atoms with Gasteiger partial charge in [0.15, 0.2) is 0 Å². The molecule has 0 amide bonds. The Morgan fingerprint density at radius 1 is 0.647 bits per heavy atom. The molecule has 0 aliphatic heterocycles. The lowest BCUT2D eigenvalue weighted by Gasteiger charge is -2.37. The zero-order chi connectivity index (χ0) is 24.0. The molecule has 0 aromatic heterocycles. The van der Waals surface area contributed by atoms with E-state index in [2.05, 4.69) is 42.5 Å². The highest BCUT2D eigenvalue weighted by Gasteiger charge is 2.38. The fraction of sp³-hybridized carbons (Fsp3) is 0.200. The minimum absolute atomic E-state index is 0.0772. The van der Waals surface area contributed by atoms with Gasteiger partial charge < -0.3 is 19.7 Å². The van der Waals surface area contributed by atoms with Crippen molar-refractivity contribution in [1.29, 1.82) is 0 Å². The molecule has 0 aliphatic rings. The number of ether oxygens (including phenoxy) is 2. The van der Waals surface area contributed by atoms with Crippen molar-refractivity contribution >= 4 is 0 Å². The van der Waals surface area contributed by atoms with Gasteiger partial charge in [-0.3, -0.25) is 0 Å². The van der Waals surface area contributed by atoms with Gasteiger partial charge in [0.25, 0.3) is 0 Å². The van der Waals surface area contributed by atoms with Gasteiger partial charge in [0.2, 0.25) is 0 Å². The molecule has 174 valence electrons. The molecule has 0 saturated heterocycles. The second kappa shape index (κ2) is 10.6. The summed E-state index contributed by atoms with van der Waals surface area (Å²) in [4.78, 5) is 0. The van der Waals surface area contributed by atoms with E-state index in [1.165, 1.54) is 0 Å². The maximum Gasteiger partial charge on any atom is 0.118 e. The van der Waals surface area contributed by atoms with E-state index in [4.69, 9.17) is 9.47 Å². The third kappa shape index (κ3) is 4.43. The molecule has 4 heteroatoms. The number of hydrogen-bond donors (Lipinski definition) is 2. The summed E-state index contributed by atoms with van der Waals surface area (Å²) in [5.74, 6) is 1.57. The lowest BCUT2D eigenvalue weighted by Crippen LogP contribution is -2.31. The van der Waals surface area contributed by atoms with Gasteiger partial charge in [-0.2, -0.15) is 0 Å². The molecule has 34 heavy (non-hydrogen) atoms. The van der Waals surface area contributed by atoms with Gasteiger partial charge in [-0.05, 0) is 52.1 Å². The van der Waals surface area contributed by atoms with E-state index in [9.17, 15) is 10.2 Å². The van der Waals surface area contributed by atoms with Crippen molar-refractivity contribution in [3.8, 4) is 11.5 Å². The third-order valence-electron chi connectivity index (χ3n) is 6.36. The topological polar surface area (TPSA) is 58.9 Å². The van der Waals surface area contributed by atoms with E-state index in [1.807, 2.05) is 60.7 Å². The maximum atomic E-state index is 10.7. The Morgan fingerprint density at radius 3 is 1.65 bits per heavy atom. The second-order valence-corrected chi connectivity index (χ2v) is 8.23. The van der Waals surface area contributed by atoms with Crippen molar-refractivity contribution in [3.05, 3.63) is 131 Å². The second-order valence-electron chi connectivity index (χ2n) is 8.23. The predicted molar refractivity (Wildman–Crippen MR) is 135 cm³/mol. The molecule has 1 atom stereocenters. The molecule has 1 unspecified atom stereocenters. The molecule has 0 spiro atoms. The van der Waals surface area contributed by atoms with Crippen LogP contribution in [0, 0.1) is 0 Å². The molecule has 4 aromatic rings. The SMILES string of the molecule is COc1ccc(C(c2ccccc2)(c2ccc(OC)cc2)c2cccc(C(O)CCO)c2)cc1. The van der Waals surface area contributed by atoms with E-state index in [1.54, 1.807) is 14.2 Å². The van der Waals surface area contributed by atoms with Gasteiger partial charge in [-0.1, -0.05) is 78.9 Å². The van der Waals surface area contributed by atoms with Crippen LogP contribution in [0.1, 0.15) is 40.3 Å². The molecule has 0 heterocycles. The van der Waals surface area contributed by atoms with Crippen LogP contribution in [0.2, 0.25) is 0 Å². The van der Waals surface area contributed by atoms with Crippen LogP contribution >= 0.6 is 0 Å². The van der Waals surface area contributed by atoms with Crippen molar-refractivity contribution in [2.45, 2.75) is 17.9 Å². The summed E-state index contributed by atoms with van der Waals surface area (Å²) in [7, 11) is 3.32. The van der Waals surface area contributed by atoms with Crippen LogP contribution in [0.25, 0.3) is 0 Å². The zero-order valence-corrected chi connectivity index (χ0v) is 19.5. The fourth-order valence-corrected chi connectivity index (χ4v) is 4.64. The third-order valence-corrected chi connectivity index (χ3v) is 6.36. The predicted octanol–water partition coefficient (Wildman–Crippen LogP) is 5.50. The molecule has 4 nitrogen and oxygen atoms in total. The minimum atomic E-state index is -0.745. The Hall–Kier alpha value is -3.60. The van der Waals surface area contributed by atoms with E-state index in [-0.39, 0.29) is 13.0 Å². The highest BCUT2D eigenvalue weighted by Crippen LogP contribution is 2.46. The van der Waals surface area contributed by atoms with Crippen molar-refractivity contribution in [3.63, 3.8) is 0 Å². The quantitative estimate of drug-likeness (QED) is 0.328. The summed E-state index contributed by atoms with van der Waals surface area (Å²) in [6, 6.07) is 34.6.